The van der Waals surface area contributed by atoms with Crippen molar-refractivity contribution in [3.05, 3.63) is 42.0 Å². The number of anilines is 3. The summed E-state index contributed by atoms with van der Waals surface area (Å²) in [7, 11) is 1.56. The van der Waals surface area contributed by atoms with Gasteiger partial charge in [-0.2, -0.15) is 4.98 Å². The van der Waals surface area contributed by atoms with Gasteiger partial charge in [-0.3, -0.25) is 4.90 Å². The van der Waals surface area contributed by atoms with Gasteiger partial charge in [0.2, 0.25) is 5.95 Å². The second kappa shape index (κ2) is 6.55. The first kappa shape index (κ1) is 16.2. The molecule has 0 bridgehead atoms. The van der Waals surface area contributed by atoms with Crippen molar-refractivity contribution in [2.45, 2.75) is 26.2 Å². The summed E-state index contributed by atoms with van der Waals surface area (Å²) in [5.74, 6) is 1.04. The standard InChI is InChI=1S/C18H19N7O/c1-3-5-12-16-13(22-17(19)21-12)7-8-15(24-16)25-9-4-6-11-14(25)10-20-18(23-11)26-2/h4,7-10H,3,5-6H2,1-2H3,(H2,19,21,22). The number of methoxy groups -OCH3 is 1. The number of hydrogen-bond acceptors (Lipinski definition) is 8. The molecule has 3 aromatic heterocycles. The van der Waals surface area contributed by atoms with Gasteiger partial charge in [0.1, 0.15) is 11.3 Å². The van der Waals surface area contributed by atoms with Gasteiger partial charge < -0.3 is 10.5 Å². The largest absolute Gasteiger partial charge is 0.467 e. The number of rotatable bonds is 4. The van der Waals surface area contributed by atoms with E-state index in [1.807, 2.05) is 29.3 Å². The smallest absolute Gasteiger partial charge is 0.316 e. The van der Waals surface area contributed by atoms with E-state index in [1.54, 1.807) is 13.3 Å². The number of allylic oxidation sites excluding steroid dienone is 1. The summed E-state index contributed by atoms with van der Waals surface area (Å²) < 4.78 is 5.12. The molecular weight excluding hydrogens is 330 g/mol. The van der Waals surface area contributed by atoms with E-state index in [4.69, 9.17) is 15.5 Å². The van der Waals surface area contributed by atoms with E-state index < -0.39 is 0 Å². The summed E-state index contributed by atoms with van der Waals surface area (Å²) in [5, 5.41) is 0. The van der Waals surface area contributed by atoms with Crippen molar-refractivity contribution >= 4 is 28.5 Å². The summed E-state index contributed by atoms with van der Waals surface area (Å²) in [6, 6.07) is 4.19. The van der Waals surface area contributed by atoms with E-state index in [2.05, 4.69) is 26.9 Å². The zero-order chi connectivity index (χ0) is 18.1. The van der Waals surface area contributed by atoms with Gasteiger partial charge in [-0.25, -0.2) is 19.9 Å². The first-order valence-electron chi connectivity index (χ1n) is 8.48. The zero-order valence-corrected chi connectivity index (χ0v) is 14.7. The van der Waals surface area contributed by atoms with E-state index in [-0.39, 0.29) is 5.95 Å². The summed E-state index contributed by atoms with van der Waals surface area (Å²) in [6.07, 6.45) is 8.24. The molecule has 0 unspecified atom stereocenters. The predicted octanol–water partition coefficient (Wildman–Crippen LogP) is 2.57. The maximum atomic E-state index is 5.83. The fourth-order valence-electron chi connectivity index (χ4n) is 3.02. The van der Waals surface area contributed by atoms with Gasteiger partial charge in [0.05, 0.1) is 35.9 Å². The van der Waals surface area contributed by atoms with Crippen LogP contribution in [0.15, 0.2) is 30.6 Å². The highest BCUT2D eigenvalue weighted by Crippen LogP contribution is 2.32. The molecule has 4 heterocycles. The Morgan fingerprint density at radius 2 is 2.08 bits per heavy atom. The molecule has 132 valence electrons. The third kappa shape index (κ3) is 2.79. The first-order chi connectivity index (χ1) is 12.7. The van der Waals surface area contributed by atoms with Gasteiger partial charge in [-0.15, -0.1) is 0 Å². The summed E-state index contributed by atoms with van der Waals surface area (Å²) in [5.41, 5.74) is 9.99. The molecule has 0 amide bonds. The van der Waals surface area contributed by atoms with Crippen molar-refractivity contribution in [2.24, 2.45) is 0 Å². The van der Waals surface area contributed by atoms with Crippen LogP contribution in [0.3, 0.4) is 0 Å². The Labute approximate surface area is 150 Å². The Hall–Kier alpha value is -3.29. The first-order valence-corrected chi connectivity index (χ1v) is 8.48. The fourth-order valence-corrected chi connectivity index (χ4v) is 3.02. The van der Waals surface area contributed by atoms with Gasteiger partial charge in [0.25, 0.3) is 0 Å². The average Bonchev–Trinajstić information content (AvgIpc) is 2.67. The van der Waals surface area contributed by atoms with Crippen molar-refractivity contribution in [3.63, 3.8) is 0 Å². The van der Waals surface area contributed by atoms with Gasteiger partial charge in [0.15, 0.2) is 0 Å². The molecule has 0 aromatic carbocycles. The third-order valence-electron chi connectivity index (χ3n) is 4.18. The molecule has 0 aliphatic carbocycles. The predicted molar refractivity (Wildman–Crippen MR) is 99.3 cm³/mol. The van der Waals surface area contributed by atoms with Crippen LogP contribution in [0.5, 0.6) is 6.01 Å². The molecule has 0 fully saturated rings. The lowest BCUT2D eigenvalue weighted by atomic mass is 10.1. The fraction of sp³-hybridized carbons (Fsp3) is 0.278. The highest BCUT2D eigenvalue weighted by molar-refractivity contribution is 5.81. The number of hydrogen-bond donors (Lipinski definition) is 1. The maximum absolute atomic E-state index is 5.83. The highest BCUT2D eigenvalue weighted by atomic mass is 16.5. The lowest BCUT2D eigenvalue weighted by molar-refractivity contribution is 0.378. The molecule has 3 aromatic rings. The average molecular weight is 349 g/mol. The number of aryl methyl sites for hydroxylation is 1. The summed E-state index contributed by atoms with van der Waals surface area (Å²) in [4.78, 5) is 24.1. The van der Waals surface area contributed by atoms with Crippen LogP contribution in [-0.2, 0) is 12.8 Å². The van der Waals surface area contributed by atoms with Crippen LogP contribution in [0, 0.1) is 0 Å². The molecule has 8 nitrogen and oxygen atoms in total. The summed E-state index contributed by atoms with van der Waals surface area (Å²) in [6.45, 7) is 2.10. The van der Waals surface area contributed by atoms with E-state index in [9.17, 15) is 0 Å². The van der Waals surface area contributed by atoms with Gasteiger partial charge >= 0.3 is 6.01 Å². The molecule has 4 rings (SSSR count). The minimum atomic E-state index is 0.277. The summed E-state index contributed by atoms with van der Waals surface area (Å²) >= 11 is 0. The Balaban J connectivity index is 1.82. The number of pyridine rings is 1. The Morgan fingerprint density at radius 3 is 2.88 bits per heavy atom. The topological polar surface area (TPSA) is 103 Å². The lowest BCUT2D eigenvalue weighted by Gasteiger charge is -2.24. The van der Waals surface area contributed by atoms with Crippen LogP contribution in [0.4, 0.5) is 17.5 Å². The number of ether oxygens (including phenoxy) is 1. The molecule has 0 saturated carbocycles. The maximum Gasteiger partial charge on any atom is 0.316 e. The number of nitrogens with zero attached hydrogens (tertiary/aromatic N) is 6. The molecular formula is C18H19N7O. The minimum absolute atomic E-state index is 0.277. The molecule has 26 heavy (non-hydrogen) atoms. The molecule has 1 aliphatic heterocycles. The monoisotopic (exact) mass is 349 g/mol. The zero-order valence-electron chi connectivity index (χ0n) is 14.7. The quantitative estimate of drug-likeness (QED) is 0.766. The van der Waals surface area contributed by atoms with Gasteiger partial charge in [-0.1, -0.05) is 19.4 Å². The van der Waals surface area contributed by atoms with Crippen LogP contribution in [0.2, 0.25) is 0 Å². The Kier molecular flexibility index (Phi) is 4.08. The number of nitrogens with two attached hydrogens (primary N) is 1. The highest BCUT2D eigenvalue weighted by Gasteiger charge is 2.19. The van der Waals surface area contributed by atoms with Crippen molar-refractivity contribution in [2.75, 3.05) is 17.7 Å². The molecule has 0 spiro atoms. The second-order valence-corrected chi connectivity index (χ2v) is 5.96. The number of aromatic nitrogens is 5. The van der Waals surface area contributed by atoms with Crippen molar-refractivity contribution in [1.82, 2.24) is 24.9 Å². The minimum Gasteiger partial charge on any atom is -0.467 e. The SMILES string of the molecule is CCCc1nc(N)nc2ccc(N3C=CCc4nc(OC)ncc43)nc12. The molecule has 1 aliphatic rings. The molecule has 0 atom stereocenters. The molecule has 8 heteroatoms. The molecule has 0 saturated heterocycles. The van der Waals surface area contributed by atoms with Crippen molar-refractivity contribution < 1.29 is 4.74 Å². The molecule has 2 N–H and O–H groups in total. The van der Waals surface area contributed by atoms with E-state index in [0.29, 0.717) is 6.01 Å². The Bertz CT molecular complexity index is 1000. The van der Waals surface area contributed by atoms with E-state index in [0.717, 1.165) is 53.2 Å². The van der Waals surface area contributed by atoms with Crippen LogP contribution in [0.1, 0.15) is 24.7 Å². The third-order valence-corrected chi connectivity index (χ3v) is 4.18. The van der Waals surface area contributed by atoms with Crippen molar-refractivity contribution in [3.8, 4) is 6.01 Å². The second-order valence-electron chi connectivity index (χ2n) is 5.96. The molecule has 0 radical (unpaired) electrons. The Morgan fingerprint density at radius 1 is 1.19 bits per heavy atom. The van der Waals surface area contributed by atoms with E-state index >= 15 is 0 Å². The van der Waals surface area contributed by atoms with Crippen LogP contribution in [-0.4, -0.2) is 32.0 Å². The number of fused-ring (bicyclic) bond motifs is 2. The van der Waals surface area contributed by atoms with Crippen LogP contribution in [0.25, 0.3) is 11.0 Å². The number of nitrogen functional groups attached to an aromatic ring is 1. The lowest BCUT2D eigenvalue weighted by Crippen LogP contribution is -2.17. The van der Waals surface area contributed by atoms with Gasteiger partial charge in [0, 0.05) is 12.6 Å². The van der Waals surface area contributed by atoms with E-state index in [1.165, 1.54) is 0 Å². The van der Waals surface area contributed by atoms with Crippen LogP contribution < -0.4 is 15.4 Å². The van der Waals surface area contributed by atoms with Crippen molar-refractivity contribution in [1.29, 1.82) is 0 Å². The van der Waals surface area contributed by atoms with Crippen LogP contribution >= 0.6 is 0 Å². The van der Waals surface area contributed by atoms with Gasteiger partial charge in [-0.05, 0) is 18.6 Å². The normalized spacial score (nSPS) is 13.1.